The zero-order valence-electron chi connectivity index (χ0n) is 12.7. The summed E-state index contributed by atoms with van der Waals surface area (Å²) >= 11 is 0. The molecule has 2 N–H and O–H groups in total. The molecule has 0 atom stereocenters. The summed E-state index contributed by atoms with van der Waals surface area (Å²) in [4.78, 5) is 15.3. The van der Waals surface area contributed by atoms with Gasteiger partial charge >= 0.3 is 5.97 Å². The molecule has 0 amide bonds. The van der Waals surface area contributed by atoms with Gasteiger partial charge in [0.25, 0.3) is 0 Å². The standard InChI is InChI=1S/C14H21N3O4S/c1-3-15-22(20,21)13-10-11(14(18)19)4-5-12(13)17-8-6-16(2)7-9-17/h4-5,10,15H,3,6-9H2,1-2H3,(H,18,19). The van der Waals surface area contributed by atoms with Gasteiger partial charge in [-0.3, -0.25) is 0 Å². The summed E-state index contributed by atoms with van der Waals surface area (Å²) < 4.78 is 27.2. The number of rotatable bonds is 5. The molecule has 1 saturated heterocycles. The van der Waals surface area contributed by atoms with Crippen molar-refractivity contribution < 1.29 is 18.3 Å². The van der Waals surface area contributed by atoms with E-state index in [1.54, 1.807) is 13.0 Å². The second-order valence-electron chi connectivity index (χ2n) is 5.28. The molecule has 7 nitrogen and oxygen atoms in total. The molecule has 0 bridgehead atoms. The number of sulfonamides is 1. The maximum Gasteiger partial charge on any atom is 0.335 e. The molecular weight excluding hydrogens is 306 g/mol. The highest BCUT2D eigenvalue weighted by atomic mass is 32.2. The zero-order chi connectivity index (χ0) is 16.3. The first kappa shape index (κ1) is 16.7. The minimum absolute atomic E-state index is 0.0267. The van der Waals surface area contributed by atoms with Gasteiger partial charge in [0.15, 0.2) is 0 Å². The number of aromatic carboxylic acids is 1. The molecule has 0 saturated carbocycles. The fourth-order valence-electron chi connectivity index (χ4n) is 2.44. The summed E-state index contributed by atoms with van der Waals surface area (Å²) in [6, 6.07) is 4.26. The van der Waals surface area contributed by atoms with Gasteiger partial charge in [0.1, 0.15) is 4.90 Å². The number of nitrogens with zero attached hydrogens (tertiary/aromatic N) is 2. The SMILES string of the molecule is CCNS(=O)(=O)c1cc(C(=O)O)ccc1N1CCN(C)CC1. The van der Waals surface area contributed by atoms with E-state index < -0.39 is 16.0 Å². The Hall–Kier alpha value is -1.64. The van der Waals surface area contributed by atoms with Crippen molar-refractivity contribution in [2.24, 2.45) is 0 Å². The van der Waals surface area contributed by atoms with E-state index in [1.807, 2.05) is 11.9 Å². The van der Waals surface area contributed by atoms with E-state index in [9.17, 15) is 13.2 Å². The molecule has 1 aliphatic rings. The predicted molar refractivity (Wildman–Crippen MR) is 84.0 cm³/mol. The molecule has 1 heterocycles. The molecule has 0 aromatic heterocycles. The van der Waals surface area contributed by atoms with Crippen LogP contribution in [0.2, 0.25) is 0 Å². The lowest BCUT2D eigenvalue weighted by Crippen LogP contribution is -2.45. The number of likely N-dealkylation sites (N-methyl/N-ethyl adjacent to an activating group) is 1. The van der Waals surface area contributed by atoms with Crippen molar-refractivity contribution in [3.05, 3.63) is 23.8 Å². The maximum atomic E-state index is 12.4. The second kappa shape index (κ2) is 6.64. The highest BCUT2D eigenvalue weighted by Crippen LogP contribution is 2.27. The normalized spacial score (nSPS) is 16.7. The fraction of sp³-hybridized carbons (Fsp3) is 0.500. The molecule has 22 heavy (non-hydrogen) atoms. The maximum absolute atomic E-state index is 12.4. The van der Waals surface area contributed by atoms with Crippen molar-refractivity contribution in [1.82, 2.24) is 9.62 Å². The Bertz CT molecular complexity index is 652. The minimum Gasteiger partial charge on any atom is -0.478 e. The Morgan fingerprint density at radius 2 is 1.91 bits per heavy atom. The fourth-order valence-corrected chi connectivity index (χ4v) is 3.73. The van der Waals surface area contributed by atoms with Crippen LogP contribution in [0.1, 0.15) is 17.3 Å². The highest BCUT2D eigenvalue weighted by Gasteiger charge is 2.25. The molecule has 0 unspecified atom stereocenters. The molecule has 1 aromatic carbocycles. The molecular formula is C14H21N3O4S. The zero-order valence-corrected chi connectivity index (χ0v) is 13.6. The van der Waals surface area contributed by atoms with Crippen molar-refractivity contribution in [1.29, 1.82) is 0 Å². The molecule has 0 aliphatic carbocycles. The van der Waals surface area contributed by atoms with E-state index in [2.05, 4.69) is 9.62 Å². The van der Waals surface area contributed by atoms with Gasteiger partial charge < -0.3 is 14.9 Å². The monoisotopic (exact) mass is 327 g/mol. The van der Waals surface area contributed by atoms with E-state index in [0.717, 1.165) is 13.1 Å². The first-order chi connectivity index (χ1) is 10.3. The third-order valence-electron chi connectivity index (χ3n) is 3.67. The molecule has 2 rings (SSSR count). The molecule has 1 fully saturated rings. The van der Waals surface area contributed by atoms with Gasteiger partial charge in [-0.05, 0) is 25.2 Å². The van der Waals surface area contributed by atoms with Crippen LogP contribution in [0.4, 0.5) is 5.69 Å². The third-order valence-corrected chi connectivity index (χ3v) is 5.25. The van der Waals surface area contributed by atoms with Crippen LogP contribution in [0.3, 0.4) is 0 Å². The number of piperazine rings is 1. The summed E-state index contributed by atoms with van der Waals surface area (Å²) in [5.74, 6) is -1.14. The number of hydrogen-bond donors (Lipinski definition) is 2. The van der Waals surface area contributed by atoms with Gasteiger partial charge in [-0.15, -0.1) is 0 Å². The molecule has 0 radical (unpaired) electrons. The molecule has 8 heteroatoms. The number of anilines is 1. The Kier molecular flexibility index (Phi) is 5.05. The Morgan fingerprint density at radius 1 is 1.27 bits per heavy atom. The summed E-state index contributed by atoms with van der Waals surface area (Å²) in [6.07, 6.45) is 0. The lowest BCUT2D eigenvalue weighted by Gasteiger charge is -2.35. The van der Waals surface area contributed by atoms with Gasteiger partial charge in [0, 0.05) is 32.7 Å². The average molecular weight is 327 g/mol. The van der Waals surface area contributed by atoms with E-state index in [-0.39, 0.29) is 17.0 Å². The van der Waals surface area contributed by atoms with Crippen LogP contribution in [0.25, 0.3) is 0 Å². The topological polar surface area (TPSA) is 89.9 Å². The van der Waals surface area contributed by atoms with E-state index in [4.69, 9.17) is 5.11 Å². The lowest BCUT2D eigenvalue weighted by molar-refractivity contribution is 0.0696. The van der Waals surface area contributed by atoms with E-state index in [0.29, 0.717) is 18.8 Å². The summed E-state index contributed by atoms with van der Waals surface area (Å²) in [5, 5.41) is 9.11. The van der Waals surface area contributed by atoms with Gasteiger partial charge in [0.2, 0.25) is 10.0 Å². The lowest BCUT2D eigenvalue weighted by atomic mass is 10.2. The first-order valence-electron chi connectivity index (χ1n) is 7.15. The Morgan fingerprint density at radius 3 is 2.45 bits per heavy atom. The van der Waals surface area contributed by atoms with Crippen molar-refractivity contribution in [2.75, 3.05) is 44.7 Å². The van der Waals surface area contributed by atoms with Crippen molar-refractivity contribution in [3.8, 4) is 0 Å². The Balaban J connectivity index is 2.46. The number of carboxylic acid groups (broad SMARTS) is 1. The predicted octanol–water partition coefficient (Wildman–Crippen LogP) is 0.435. The average Bonchev–Trinajstić information content (AvgIpc) is 2.47. The van der Waals surface area contributed by atoms with E-state index in [1.165, 1.54) is 12.1 Å². The number of nitrogens with one attached hydrogen (secondary N) is 1. The summed E-state index contributed by atoms with van der Waals surface area (Å²) in [6.45, 7) is 5.02. The van der Waals surface area contributed by atoms with Crippen LogP contribution < -0.4 is 9.62 Å². The van der Waals surface area contributed by atoms with Crippen LogP contribution in [-0.2, 0) is 10.0 Å². The first-order valence-corrected chi connectivity index (χ1v) is 8.64. The largest absolute Gasteiger partial charge is 0.478 e. The number of carbonyl (C=O) groups is 1. The quantitative estimate of drug-likeness (QED) is 0.815. The van der Waals surface area contributed by atoms with Crippen molar-refractivity contribution in [2.45, 2.75) is 11.8 Å². The Labute approximate surface area is 130 Å². The van der Waals surface area contributed by atoms with Crippen molar-refractivity contribution in [3.63, 3.8) is 0 Å². The smallest absolute Gasteiger partial charge is 0.335 e. The van der Waals surface area contributed by atoms with Crippen LogP contribution in [-0.4, -0.2) is 64.2 Å². The molecule has 1 aliphatic heterocycles. The summed E-state index contributed by atoms with van der Waals surface area (Å²) in [5.41, 5.74) is 0.522. The van der Waals surface area contributed by atoms with Crippen LogP contribution >= 0.6 is 0 Å². The van der Waals surface area contributed by atoms with Crippen LogP contribution in [0.15, 0.2) is 23.1 Å². The molecule has 122 valence electrons. The van der Waals surface area contributed by atoms with Gasteiger partial charge in [-0.2, -0.15) is 0 Å². The van der Waals surface area contributed by atoms with Crippen LogP contribution in [0.5, 0.6) is 0 Å². The number of hydrogen-bond acceptors (Lipinski definition) is 5. The number of benzene rings is 1. The summed E-state index contributed by atoms with van der Waals surface area (Å²) in [7, 11) is -1.71. The van der Waals surface area contributed by atoms with Crippen LogP contribution in [0, 0.1) is 0 Å². The molecule has 1 aromatic rings. The highest BCUT2D eigenvalue weighted by molar-refractivity contribution is 7.89. The van der Waals surface area contributed by atoms with Crippen molar-refractivity contribution >= 4 is 21.7 Å². The van der Waals surface area contributed by atoms with Gasteiger partial charge in [-0.1, -0.05) is 6.92 Å². The van der Waals surface area contributed by atoms with E-state index >= 15 is 0 Å². The molecule has 0 spiro atoms. The minimum atomic E-state index is -3.73. The van der Waals surface area contributed by atoms with Gasteiger partial charge in [0.05, 0.1) is 11.3 Å². The second-order valence-corrected chi connectivity index (χ2v) is 7.01. The van der Waals surface area contributed by atoms with Gasteiger partial charge in [-0.25, -0.2) is 17.9 Å². The number of carboxylic acids is 1. The third kappa shape index (κ3) is 3.57.